The van der Waals surface area contributed by atoms with Gasteiger partial charge >= 0.3 is 0 Å². The second-order valence-corrected chi connectivity index (χ2v) is 12.7. The van der Waals surface area contributed by atoms with E-state index < -0.39 is 59.8 Å². The van der Waals surface area contributed by atoms with Gasteiger partial charge in [-0.15, -0.1) is 5.10 Å². The van der Waals surface area contributed by atoms with E-state index in [9.17, 15) is 29.7 Å². The zero-order chi connectivity index (χ0) is 33.8. The Morgan fingerprint density at radius 3 is 2.50 bits per heavy atom. The third-order valence-electron chi connectivity index (χ3n) is 9.32. The van der Waals surface area contributed by atoms with Crippen molar-refractivity contribution in [3.05, 3.63) is 72.1 Å². The summed E-state index contributed by atoms with van der Waals surface area (Å²) in [7, 11) is 1.61. The van der Waals surface area contributed by atoms with Crippen molar-refractivity contribution in [3.63, 3.8) is 0 Å². The summed E-state index contributed by atoms with van der Waals surface area (Å²) in [5, 5.41) is 48.8. The molecule has 256 valence electrons. The molecule has 6 N–H and O–H groups in total. The molecule has 0 unspecified atom stereocenters. The third kappa shape index (κ3) is 7.50. The average Bonchev–Trinajstić information content (AvgIpc) is 3.56. The highest BCUT2D eigenvalue weighted by molar-refractivity contribution is 5.89. The maximum absolute atomic E-state index is 13.7. The molecule has 0 radical (unpaired) electrons. The Bertz CT molecular complexity index is 1600. The van der Waals surface area contributed by atoms with E-state index in [0.29, 0.717) is 38.2 Å². The summed E-state index contributed by atoms with van der Waals surface area (Å²) in [5.74, 6) is -1.01. The Morgan fingerprint density at radius 2 is 1.75 bits per heavy atom. The molecular formula is C33H41N7O8. The van der Waals surface area contributed by atoms with Gasteiger partial charge in [-0.25, -0.2) is 4.68 Å². The number of ether oxygens (including phenoxy) is 2. The monoisotopic (exact) mass is 663 g/mol. The topological polar surface area (TPSA) is 200 Å². The van der Waals surface area contributed by atoms with Crippen LogP contribution in [0.5, 0.6) is 5.75 Å². The van der Waals surface area contributed by atoms with Crippen molar-refractivity contribution in [3.8, 4) is 11.4 Å². The van der Waals surface area contributed by atoms with Crippen LogP contribution in [0.1, 0.15) is 30.5 Å². The van der Waals surface area contributed by atoms with E-state index >= 15 is 0 Å². The summed E-state index contributed by atoms with van der Waals surface area (Å²) in [6, 6.07) is 16.0. The molecule has 2 aromatic carbocycles. The first kappa shape index (κ1) is 33.5. The van der Waals surface area contributed by atoms with Crippen LogP contribution in [0.4, 0.5) is 0 Å². The number of para-hydroxylation sites is 1. The van der Waals surface area contributed by atoms with Crippen LogP contribution >= 0.6 is 0 Å². The van der Waals surface area contributed by atoms with Crippen molar-refractivity contribution in [2.75, 3.05) is 26.7 Å². The zero-order valence-corrected chi connectivity index (χ0v) is 26.6. The second kappa shape index (κ2) is 14.4. The largest absolute Gasteiger partial charge is 0.497 e. The molecule has 15 nitrogen and oxygen atoms in total. The van der Waals surface area contributed by atoms with E-state index in [1.807, 2.05) is 54.6 Å². The van der Waals surface area contributed by atoms with E-state index in [0.717, 1.165) is 17.0 Å². The summed E-state index contributed by atoms with van der Waals surface area (Å²) >= 11 is 0. The lowest BCUT2D eigenvalue weighted by atomic mass is 9.83. The van der Waals surface area contributed by atoms with Crippen molar-refractivity contribution in [2.24, 2.45) is 0 Å². The van der Waals surface area contributed by atoms with Gasteiger partial charge in [0.2, 0.25) is 11.8 Å². The first-order chi connectivity index (χ1) is 23.1. The van der Waals surface area contributed by atoms with E-state index in [-0.39, 0.29) is 19.4 Å². The van der Waals surface area contributed by atoms with Gasteiger partial charge in [0.1, 0.15) is 36.2 Å². The lowest BCUT2D eigenvalue weighted by Crippen LogP contribution is -2.66. The van der Waals surface area contributed by atoms with Gasteiger partial charge in [-0.05, 0) is 42.7 Å². The van der Waals surface area contributed by atoms with E-state index in [1.54, 1.807) is 18.0 Å². The summed E-state index contributed by atoms with van der Waals surface area (Å²) in [6.07, 6.45) is -5.45. The van der Waals surface area contributed by atoms with Crippen LogP contribution in [0, 0.1) is 0 Å². The first-order valence-corrected chi connectivity index (χ1v) is 16.0. The predicted molar refractivity (Wildman–Crippen MR) is 170 cm³/mol. The molecule has 48 heavy (non-hydrogen) atoms. The lowest BCUT2D eigenvalue weighted by Gasteiger charge is -2.44. The van der Waals surface area contributed by atoms with Gasteiger partial charge in [-0.1, -0.05) is 35.5 Å². The summed E-state index contributed by atoms with van der Waals surface area (Å²) in [5.41, 5.74) is 1.23. The maximum atomic E-state index is 13.7. The zero-order valence-electron chi connectivity index (χ0n) is 26.6. The number of nitrogens with one attached hydrogen (secondary N) is 3. The second-order valence-electron chi connectivity index (χ2n) is 12.7. The number of hydrogen-bond acceptors (Lipinski definition) is 11. The highest BCUT2D eigenvalue weighted by Crippen LogP contribution is 2.30. The fourth-order valence-electron chi connectivity index (χ4n) is 6.58. The van der Waals surface area contributed by atoms with Crippen LogP contribution in [-0.2, 0) is 32.1 Å². The van der Waals surface area contributed by atoms with Gasteiger partial charge in [-0.3, -0.25) is 19.3 Å². The third-order valence-corrected chi connectivity index (χ3v) is 9.32. The Morgan fingerprint density at radius 1 is 0.979 bits per heavy atom. The minimum absolute atomic E-state index is 0.0100. The predicted octanol–water partition coefficient (Wildman–Crippen LogP) is -1.18. The van der Waals surface area contributed by atoms with Gasteiger partial charge in [0.15, 0.2) is 6.10 Å². The average molecular weight is 664 g/mol. The Labute approximate surface area is 277 Å². The number of carbonyl (C=O) groups is 3. The van der Waals surface area contributed by atoms with Crippen LogP contribution in [0.15, 0.2) is 60.8 Å². The van der Waals surface area contributed by atoms with E-state index in [2.05, 4.69) is 31.2 Å². The fraction of sp³-hybridized carbons (Fsp3) is 0.485. The molecule has 2 bridgehead atoms. The number of aromatic nitrogens is 3. The molecule has 3 aliphatic rings. The van der Waals surface area contributed by atoms with Crippen molar-refractivity contribution in [2.45, 2.75) is 74.3 Å². The summed E-state index contributed by atoms with van der Waals surface area (Å²) in [4.78, 5) is 43.1. The number of piperidine rings is 1. The molecule has 3 aliphatic heterocycles. The van der Waals surface area contributed by atoms with Crippen LogP contribution in [-0.4, -0.2) is 122 Å². The van der Waals surface area contributed by atoms with Gasteiger partial charge in [-0.2, -0.15) is 0 Å². The summed E-state index contributed by atoms with van der Waals surface area (Å²) in [6.45, 7) is 1.42. The number of amides is 3. The minimum Gasteiger partial charge on any atom is -0.497 e. The molecule has 6 atom stereocenters. The first-order valence-electron chi connectivity index (χ1n) is 16.0. The van der Waals surface area contributed by atoms with Crippen molar-refractivity contribution in [1.82, 2.24) is 35.8 Å². The number of nitrogens with zero attached hydrogens (tertiary/aromatic N) is 4. The Kier molecular flexibility index (Phi) is 10.0. The van der Waals surface area contributed by atoms with Crippen LogP contribution in [0.25, 0.3) is 5.69 Å². The number of hydrogen-bond donors (Lipinski definition) is 6. The number of aliphatic hydroxyl groups is 3. The molecule has 1 aromatic heterocycles. The number of likely N-dealkylation sites (tertiary alicyclic amines) is 1. The Balaban J connectivity index is 1.23. The van der Waals surface area contributed by atoms with Gasteiger partial charge < -0.3 is 40.7 Å². The molecule has 3 saturated heterocycles. The van der Waals surface area contributed by atoms with Crippen LogP contribution in [0.3, 0.4) is 0 Å². The van der Waals surface area contributed by atoms with Gasteiger partial charge in [0, 0.05) is 39.0 Å². The number of fused-ring (bicyclic) bond motifs is 2. The van der Waals surface area contributed by atoms with E-state index in [4.69, 9.17) is 9.47 Å². The molecule has 4 heterocycles. The number of methoxy groups -OCH3 is 1. The highest BCUT2D eigenvalue weighted by Gasteiger charge is 2.49. The normalized spacial score (nSPS) is 28.3. The minimum atomic E-state index is -1.73. The molecule has 3 aromatic rings. The van der Waals surface area contributed by atoms with Crippen LogP contribution < -0.4 is 20.7 Å². The van der Waals surface area contributed by atoms with Crippen molar-refractivity contribution < 1.29 is 39.2 Å². The quantitative estimate of drug-likeness (QED) is 0.186. The SMILES string of the molecule is COc1cccc(CN2CCC3(CC2)CC(=O)N[C@H](Cc2cn(-c4ccccc4)nn2)C(=O)NC[C@@H]2O[C@H](C(=O)N3)[C@H](O)[C@H](O)[C@H]2O)c1. The number of aliphatic hydroxyl groups excluding tert-OH is 3. The Hall–Kier alpha value is -4.41. The smallest absolute Gasteiger partial charge is 0.252 e. The van der Waals surface area contributed by atoms with Gasteiger partial charge in [0.25, 0.3) is 5.91 Å². The molecule has 0 saturated carbocycles. The molecule has 0 aliphatic carbocycles. The van der Waals surface area contributed by atoms with E-state index in [1.165, 1.54) is 0 Å². The highest BCUT2D eigenvalue weighted by atomic mass is 16.5. The molecular weight excluding hydrogens is 622 g/mol. The number of rotatable bonds is 6. The van der Waals surface area contributed by atoms with Crippen molar-refractivity contribution >= 4 is 17.7 Å². The lowest BCUT2D eigenvalue weighted by molar-refractivity contribution is -0.220. The molecule has 3 fully saturated rings. The maximum Gasteiger partial charge on any atom is 0.252 e. The van der Waals surface area contributed by atoms with Crippen molar-refractivity contribution in [1.29, 1.82) is 0 Å². The molecule has 6 rings (SSSR count). The van der Waals surface area contributed by atoms with Gasteiger partial charge in [0.05, 0.1) is 30.2 Å². The van der Waals surface area contributed by atoms with Crippen LogP contribution in [0.2, 0.25) is 0 Å². The summed E-state index contributed by atoms with van der Waals surface area (Å²) < 4.78 is 12.7. The standard InChI is InChI=1S/C33H41N7O8/c1-47-23-9-5-6-20(14-23)18-39-12-10-33(11-13-39)16-26(41)35-24(15-21-19-40(38-37-21)22-7-3-2-4-8-22)31(45)34-17-25-27(42)28(43)29(44)30(48-25)32(46)36-33/h2-9,14,19,24-25,27-30,42-44H,10-13,15-18H2,1H3,(H,34,45)(H,35,41)(H,36,46)/t24-,25+,27+,28-,29-,30+/m1/s1. The number of carbonyl (C=O) groups excluding carboxylic acids is 3. The number of benzene rings is 2. The molecule has 1 spiro atoms. The molecule has 3 amide bonds. The fourth-order valence-corrected chi connectivity index (χ4v) is 6.58. The molecule has 15 heteroatoms.